The normalized spacial score (nSPS) is 15.0. The van der Waals surface area contributed by atoms with Gasteiger partial charge < -0.3 is 10.2 Å². The van der Waals surface area contributed by atoms with Gasteiger partial charge in [-0.3, -0.25) is 9.59 Å². The van der Waals surface area contributed by atoms with Gasteiger partial charge in [0, 0.05) is 32.6 Å². The first kappa shape index (κ1) is 15.8. The lowest BCUT2D eigenvalue weighted by molar-refractivity contribution is -0.131. The molecule has 0 radical (unpaired) electrons. The predicted molar refractivity (Wildman–Crippen MR) is 82.7 cm³/mol. The second kappa shape index (κ2) is 7.45. The van der Waals surface area contributed by atoms with E-state index in [1.807, 2.05) is 11.8 Å². The molecule has 6 nitrogen and oxygen atoms in total. The molecule has 1 saturated heterocycles. The Morgan fingerprint density at radius 3 is 2.76 bits per heavy atom. The monoisotopic (exact) mass is 312 g/mol. The first-order valence-electron chi connectivity index (χ1n) is 7.40. The zero-order valence-electron chi connectivity index (χ0n) is 12.3. The molecule has 0 aromatic carbocycles. The van der Waals surface area contributed by atoms with Crippen molar-refractivity contribution in [3.05, 3.63) is 21.6 Å². The molecule has 0 saturated carbocycles. The Labute approximate surface area is 129 Å². The average molecular weight is 313 g/mol. The average Bonchev–Trinajstić information content (AvgIpc) is 2.52. The van der Waals surface area contributed by atoms with Crippen LogP contribution in [0.4, 0.5) is 5.69 Å². The van der Waals surface area contributed by atoms with Crippen molar-refractivity contribution in [2.75, 3.05) is 25.0 Å². The van der Waals surface area contributed by atoms with Crippen molar-refractivity contribution < 1.29 is 4.79 Å². The van der Waals surface area contributed by atoms with E-state index in [0.29, 0.717) is 25.2 Å². The fraction of sp³-hybridized carbons (Fsp3) is 0.643. The van der Waals surface area contributed by atoms with Gasteiger partial charge in [0.05, 0.1) is 11.9 Å². The zero-order valence-corrected chi connectivity index (χ0v) is 13.0. The summed E-state index contributed by atoms with van der Waals surface area (Å²) in [6.07, 6.45) is 5.30. The molecule has 0 unspecified atom stereocenters. The van der Waals surface area contributed by atoms with Gasteiger partial charge in [0.15, 0.2) is 0 Å². The summed E-state index contributed by atoms with van der Waals surface area (Å²) in [6, 6.07) is 0. The molecule has 1 aromatic rings. The molecule has 1 aliphatic rings. The summed E-state index contributed by atoms with van der Waals surface area (Å²) in [6.45, 7) is 4.47. The number of halogens is 1. The molecule has 0 spiro atoms. The van der Waals surface area contributed by atoms with Gasteiger partial charge in [0.1, 0.15) is 5.02 Å². The summed E-state index contributed by atoms with van der Waals surface area (Å²) >= 11 is 6.01. The molecule has 0 atom stereocenters. The van der Waals surface area contributed by atoms with Crippen LogP contribution < -0.4 is 10.9 Å². The van der Waals surface area contributed by atoms with Crippen molar-refractivity contribution in [1.82, 2.24) is 14.7 Å². The van der Waals surface area contributed by atoms with Crippen LogP contribution >= 0.6 is 11.6 Å². The second-order valence-corrected chi connectivity index (χ2v) is 5.49. The highest BCUT2D eigenvalue weighted by molar-refractivity contribution is 6.32. The van der Waals surface area contributed by atoms with Crippen LogP contribution in [0.5, 0.6) is 0 Å². The highest BCUT2D eigenvalue weighted by atomic mass is 35.5. The molecule has 0 bridgehead atoms. The number of carbonyl (C=O) groups is 1. The number of carbonyl (C=O) groups excluding carboxylic acids is 1. The van der Waals surface area contributed by atoms with E-state index in [1.54, 1.807) is 0 Å². The Bertz CT molecular complexity index is 552. The number of hydrogen-bond acceptors (Lipinski definition) is 4. The van der Waals surface area contributed by atoms with Crippen LogP contribution in [0.15, 0.2) is 11.0 Å². The Hall–Kier alpha value is -1.56. The summed E-state index contributed by atoms with van der Waals surface area (Å²) in [5.41, 5.74) is 0.171. The van der Waals surface area contributed by atoms with E-state index < -0.39 is 0 Å². The van der Waals surface area contributed by atoms with E-state index >= 15 is 0 Å². The molecule has 1 aromatic heterocycles. The Kier molecular flexibility index (Phi) is 5.61. The predicted octanol–water partition coefficient (Wildman–Crippen LogP) is 1.73. The number of piperidine rings is 1. The maximum Gasteiger partial charge on any atom is 0.287 e. The number of nitrogens with one attached hydrogen (secondary N) is 1. The number of nitrogens with zero attached hydrogens (tertiary/aromatic N) is 3. The quantitative estimate of drug-likeness (QED) is 0.899. The second-order valence-electron chi connectivity index (χ2n) is 5.11. The third-order valence-electron chi connectivity index (χ3n) is 3.65. The summed E-state index contributed by atoms with van der Waals surface area (Å²) in [5, 5.41) is 7.15. The van der Waals surface area contributed by atoms with Gasteiger partial charge in [-0.15, -0.1) is 0 Å². The highest BCUT2D eigenvalue weighted by Gasteiger charge is 2.16. The van der Waals surface area contributed by atoms with Gasteiger partial charge in [-0.2, -0.15) is 5.10 Å². The molecular weight excluding hydrogens is 292 g/mol. The highest BCUT2D eigenvalue weighted by Crippen LogP contribution is 2.15. The van der Waals surface area contributed by atoms with E-state index in [2.05, 4.69) is 10.4 Å². The van der Waals surface area contributed by atoms with Crippen molar-refractivity contribution in [1.29, 1.82) is 0 Å². The van der Waals surface area contributed by atoms with Crippen LogP contribution in [0, 0.1) is 0 Å². The summed E-state index contributed by atoms with van der Waals surface area (Å²) in [4.78, 5) is 25.7. The number of aromatic nitrogens is 2. The van der Waals surface area contributed by atoms with Gasteiger partial charge in [0.25, 0.3) is 5.56 Å². The van der Waals surface area contributed by atoms with Crippen LogP contribution in [0.2, 0.25) is 5.02 Å². The minimum Gasteiger partial charge on any atom is -0.382 e. The molecule has 2 heterocycles. The molecule has 1 fully saturated rings. The molecule has 0 aliphatic carbocycles. The van der Waals surface area contributed by atoms with Crippen molar-refractivity contribution >= 4 is 23.2 Å². The molecule has 21 heavy (non-hydrogen) atoms. The van der Waals surface area contributed by atoms with E-state index in [-0.39, 0.29) is 16.5 Å². The third-order valence-corrected chi connectivity index (χ3v) is 4.01. The summed E-state index contributed by atoms with van der Waals surface area (Å²) in [5.74, 6) is 0.146. The molecule has 1 aliphatic heterocycles. The molecule has 1 amide bonds. The molecule has 7 heteroatoms. The molecule has 2 rings (SSSR count). The minimum absolute atomic E-state index is 0.122. The number of likely N-dealkylation sites (tertiary alicyclic amines) is 1. The number of aryl methyl sites for hydroxylation is 1. The molecular formula is C14H21ClN4O2. The Balaban J connectivity index is 1.87. The molecule has 116 valence electrons. The summed E-state index contributed by atoms with van der Waals surface area (Å²) < 4.78 is 1.30. The maximum atomic E-state index is 12.0. The Morgan fingerprint density at radius 2 is 2.10 bits per heavy atom. The standard InChI is InChI=1S/C14H21ClN4O2/c1-2-19-14(21)13(15)11(10-17-19)16-7-6-12(20)18-8-4-3-5-9-18/h10,16H,2-9H2,1H3. The Morgan fingerprint density at radius 1 is 1.38 bits per heavy atom. The smallest absolute Gasteiger partial charge is 0.287 e. The molecule has 1 N–H and O–H groups in total. The van der Waals surface area contributed by atoms with Gasteiger partial charge in [-0.05, 0) is 26.2 Å². The van der Waals surface area contributed by atoms with Gasteiger partial charge >= 0.3 is 0 Å². The third kappa shape index (κ3) is 3.97. The van der Waals surface area contributed by atoms with Crippen LogP contribution in [0.25, 0.3) is 0 Å². The van der Waals surface area contributed by atoms with Gasteiger partial charge in [0.2, 0.25) is 5.91 Å². The van der Waals surface area contributed by atoms with Crippen molar-refractivity contribution in [3.63, 3.8) is 0 Å². The van der Waals surface area contributed by atoms with Crippen molar-refractivity contribution in [2.45, 2.75) is 39.2 Å². The number of hydrogen-bond donors (Lipinski definition) is 1. The van der Waals surface area contributed by atoms with Crippen LogP contribution in [-0.2, 0) is 11.3 Å². The number of rotatable bonds is 5. The topological polar surface area (TPSA) is 67.2 Å². The van der Waals surface area contributed by atoms with E-state index in [9.17, 15) is 9.59 Å². The fourth-order valence-electron chi connectivity index (χ4n) is 2.42. The van der Waals surface area contributed by atoms with Crippen LogP contribution in [-0.4, -0.2) is 40.2 Å². The van der Waals surface area contributed by atoms with Crippen LogP contribution in [0.1, 0.15) is 32.6 Å². The van der Waals surface area contributed by atoms with E-state index in [0.717, 1.165) is 25.9 Å². The minimum atomic E-state index is -0.313. The lowest BCUT2D eigenvalue weighted by atomic mass is 10.1. The first-order valence-corrected chi connectivity index (χ1v) is 7.78. The number of amides is 1. The zero-order chi connectivity index (χ0) is 15.2. The van der Waals surface area contributed by atoms with Crippen molar-refractivity contribution in [2.24, 2.45) is 0 Å². The fourth-order valence-corrected chi connectivity index (χ4v) is 2.63. The summed E-state index contributed by atoms with van der Waals surface area (Å²) in [7, 11) is 0. The van der Waals surface area contributed by atoms with Gasteiger partial charge in [-0.25, -0.2) is 4.68 Å². The maximum absolute atomic E-state index is 12.0. The largest absolute Gasteiger partial charge is 0.382 e. The lowest BCUT2D eigenvalue weighted by Crippen LogP contribution is -2.36. The van der Waals surface area contributed by atoms with E-state index in [4.69, 9.17) is 11.6 Å². The SMILES string of the molecule is CCn1ncc(NCCC(=O)N2CCCCC2)c(Cl)c1=O. The first-order chi connectivity index (χ1) is 10.1. The van der Waals surface area contributed by atoms with Crippen molar-refractivity contribution in [3.8, 4) is 0 Å². The lowest BCUT2D eigenvalue weighted by Gasteiger charge is -2.26. The van der Waals surface area contributed by atoms with E-state index in [1.165, 1.54) is 17.3 Å². The number of anilines is 1. The van der Waals surface area contributed by atoms with Gasteiger partial charge in [-0.1, -0.05) is 11.6 Å². The van der Waals surface area contributed by atoms with Crippen LogP contribution in [0.3, 0.4) is 0 Å².